The summed E-state index contributed by atoms with van der Waals surface area (Å²) in [4.78, 5) is 27.0. The number of methoxy groups -OCH3 is 1. The standard InChI is InChI=1S/C19H26N2O5/c1-3-25-11-10-20-19(23)18-17(13-4-8-15(24-2)9-5-13)21(14-6-7-14)16(22)12-26-18/h4-5,8-9,14,17-18H,3,6-7,10-12H2,1-2H3,(H,20,23). The van der Waals surface area contributed by atoms with Crippen molar-refractivity contribution >= 4 is 11.8 Å². The zero-order valence-corrected chi connectivity index (χ0v) is 15.3. The van der Waals surface area contributed by atoms with Gasteiger partial charge in [-0.15, -0.1) is 0 Å². The number of carbonyl (C=O) groups excluding carboxylic acids is 2. The number of ether oxygens (including phenoxy) is 3. The zero-order valence-electron chi connectivity index (χ0n) is 15.3. The molecule has 1 aliphatic carbocycles. The summed E-state index contributed by atoms with van der Waals surface area (Å²) in [7, 11) is 1.60. The third-order valence-corrected chi connectivity index (χ3v) is 4.67. The average Bonchev–Trinajstić information content (AvgIpc) is 3.50. The third-order valence-electron chi connectivity index (χ3n) is 4.67. The van der Waals surface area contributed by atoms with E-state index in [0.29, 0.717) is 19.8 Å². The molecular formula is C19H26N2O5. The van der Waals surface area contributed by atoms with Gasteiger partial charge in [-0.2, -0.15) is 0 Å². The summed E-state index contributed by atoms with van der Waals surface area (Å²) in [5, 5.41) is 2.85. The maximum atomic E-state index is 12.7. The fourth-order valence-electron chi connectivity index (χ4n) is 3.26. The van der Waals surface area contributed by atoms with E-state index < -0.39 is 12.1 Å². The molecule has 0 aromatic heterocycles. The number of hydrogen-bond acceptors (Lipinski definition) is 5. The molecule has 1 N–H and O–H groups in total. The Balaban J connectivity index is 1.80. The molecule has 3 rings (SSSR count). The summed E-state index contributed by atoms with van der Waals surface area (Å²) in [5.41, 5.74) is 0.871. The van der Waals surface area contributed by atoms with Crippen molar-refractivity contribution in [2.45, 2.75) is 38.0 Å². The maximum absolute atomic E-state index is 12.7. The Morgan fingerprint density at radius 2 is 2.04 bits per heavy atom. The van der Waals surface area contributed by atoms with Crippen LogP contribution < -0.4 is 10.1 Å². The molecule has 2 aliphatic rings. The van der Waals surface area contributed by atoms with Crippen LogP contribution in [0, 0.1) is 0 Å². The lowest BCUT2D eigenvalue weighted by Crippen LogP contribution is -2.55. The van der Waals surface area contributed by atoms with Gasteiger partial charge in [-0.1, -0.05) is 12.1 Å². The van der Waals surface area contributed by atoms with E-state index in [-0.39, 0.29) is 24.5 Å². The summed E-state index contributed by atoms with van der Waals surface area (Å²) in [6.45, 7) is 3.32. The quantitative estimate of drug-likeness (QED) is 0.705. The van der Waals surface area contributed by atoms with Gasteiger partial charge in [-0.25, -0.2) is 0 Å². The first-order chi connectivity index (χ1) is 12.7. The van der Waals surface area contributed by atoms with Gasteiger partial charge in [0.25, 0.3) is 5.91 Å². The Morgan fingerprint density at radius 3 is 2.65 bits per heavy atom. The molecule has 2 unspecified atom stereocenters. The number of morpholine rings is 1. The SMILES string of the molecule is CCOCCNC(=O)C1OCC(=O)N(C2CC2)C1c1ccc(OC)cc1. The lowest BCUT2D eigenvalue weighted by molar-refractivity contribution is -0.165. The minimum atomic E-state index is -0.733. The Hall–Kier alpha value is -2.12. The summed E-state index contributed by atoms with van der Waals surface area (Å²) in [6, 6.07) is 7.22. The van der Waals surface area contributed by atoms with E-state index in [0.717, 1.165) is 24.2 Å². The second-order valence-corrected chi connectivity index (χ2v) is 6.47. The molecule has 1 aromatic carbocycles. The fourth-order valence-corrected chi connectivity index (χ4v) is 3.26. The number of benzene rings is 1. The van der Waals surface area contributed by atoms with Gasteiger partial charge in [0.2, 0.25) is 5.91 Å². The van der Waals surface area contributed by atoms with E-state index in [2.05, 4.69) is 5.32 Å². The number of nitrogens with one attached hydrogen (secondary N) is 1. The van der Waals surface area contributed by atoms with Crippen molar-refractivity contribution in [3.05, 3.63) is 29.8 Å². The van der Waals surface area contributed by atoms with E-state index in [1.807, 2.05) is 36.1 Å². The molecule has 142 valence electrons. The molecule has 2 fully saturated rings. The zero-order chi connectivity index (χ0) is 18.5. The van der Waals surface area contributed by atoms with Crippen LogP contribution in [0.4, 0.5) is 0 Å². The van der Waals surface area contributed by atoms with Crippen LogP contribution in [0.15, 0.2) is 24.3 Å². The molecule has 26 heavy (non-hydrogen) atoms. The Labute approximate surface area is 153 Å². The Bertz CT molecular complexity index is 629. The number of amides is 2. The van der Waals surface area contributed by atoms with Crippen molar-refractivity contribution < 1.29 is 23.8 Å². The lowest BCUT2D eigenvalue weighted by Gasteiger charge is -2.40. The molecule has 0 radical (unpaired) electrons. The lowest BCUT2D eigenvalue weighted by atomic mass is 9.96. The highest BCUT2D eigenvalue weighted by Gasteiger charge is 2.47. The first kappa shape index (κ1) is 18.7. The van der Waals surface area contributed by atoms with Crippen molar-refractivity contribution in [1.29, 1.82) is 0 Å². The summed E-state index contributed by atoms with van der Waals surface area (Å²) in [5.74, 6) is 0.447. The smallest absolute Gasteiger partial charge is 0.251 e. The highest BCUT2D eigenvalue weighted by molar-refractivity contribution is 5.86. The van der Waals surface area contributed by atoms with Gasteiger partial charge in [0.15, 0.2) is 6.10 Å². The number of hydrogen-bond donors (Lipinski definition) is 1. The van der Waals surface area contributed by atoms with E-state index in [4.69, 9.17) is 14.2 Å². The minimum absolute atomic E-state index is 0.0628. The second-order valence-electron chi connectivity index (χ2n) is 6.47. The molecule has 1 aromatic rings. The van der Waals surface area contributed by atoms with Crippen LogP contribution in [0.2, 0.25) is 0 Å². The van der Waals surface area contributed by atoms with Crippen LogP contribution in [0.5, 0.6) is 5.75 Å². The van der Waals surface area contributed by atoms with Crippen LogP contribution in [0.25, 0.3) is 0 Å². The fraction of sp³-hybridized carbons (Fsp3) is 0.579. The van der Waals surface area contributed by atoms with Gasteiger partial charge < -0.3 is 24.4 Å². The van der Waals surface area contributed by atoms with E-state index in [1.165, 1.54) is 0 Å². The highest BCUT2D eigenvalue weighted by Crippen LogP contribution is 2.39. The molecule has 1 saturated carbocycles. The predicted octanol–water partition coefficient (Wildman–Crippen LogP) is 1.28. The largest absolute Gasteiger partial charge is 0.497 e. The molecule has 0 bridgehead atoms. The first-order valence-electron chi connectivity index (χ1n) is 9.08. The van der Waals surface area contributed by atoms with E-state index in [1.54, 1.807) is 7.11 Å². The second kappa shape index (κ2) is 8.51. The van der Waals surface area contributed by atoms with Gasteiger partial charge >= 0.3 is 0 Å². The Morgan fingerprint density at radius 1 is 1.31 bits per heavy atom. The topological polar surface area (TPSA) is 77.1 Å². The minimum Gasteiger partial charge on any atom is -0.497 e. The maximum Gasteiger partial charge on any atom is 0.251 e. The van der Waals surface area contributed by atoms with Crippen molar-refractivity contribution in [2.24, 2.45) is 0 Å². The molecule has 7 nitrogen and oxygen atoms in total. The van der Waals surface area contributed by atoms with E-state index >= 15 is 0 Å². The van der Waals surface area contributed by atoms with Crippen LogP contribution in [-0.2, 0) is 19.1 Å². The van der Waals surface area contributed by atoms with Crippen molar-refractivity contribution in [3.63, 3.8) is 0 Å². The summed E-state index contributed by atoms with van der Waals surface area (Å²) in [6.07, 6.45) is 1.21. The average molecular weight is 362 g/mol. The summed E-state index contributed by atoms with van der Waals surface area (Å²) >= 11 is 0. The highest BCUT2D eigenvalue weighted by atomic mass is 16.5. The summed E-state index contributed by atoms with van der Waals surface area (Å²) < 4.78 is 16.1. The van der Waals surface area contributed by atoms with Gasteiger partial charge in [0.1, 0.15) is 12.4 Å². The molecule has 1 saturated heterocycles. The van der Waals surface area contributed by atoms with Gasteiger partial charge in [0, 0.05) is 19.2 Å². The van der Waals surface area contributed by atoms with Crippen molar-refractivity contribution in [3.8, 4) is 5.75 Å². The van der Waals surface area contributed by atoms with Gasteiger partial charge in [-0.05, 0) is 37.5 Å². The van der Waals surface area contributed by atoms with Gasteiger partial charge in [-0.3, -0.25) is 9.59 Å². The first-order valence-corrected chi connectivity index (χ1v) is 9.08. The van der Waals surface area contributed by atoms with E-state index in [9.17, 15) is 9.59 Å². The van der Waals surface area contributed by atoms with Crippen LogP contribution in [0.3, 0.4) is 0 Å². The number of carbonyl (C=O) groups is 2. The van der Waals surface area contributed by atoms with Gasteiger partial charge in [0.05, 0.1) is 19.8 Å². The van der Waals surface area contributed by atoms with Crippen molar-refractivity contribution in [1.82, 2.24) is 10.2 Å². The predicted molar refractivity (Wildman–Crippen MR) is 94.8 cm³/mol. The number of nitrogens with zero attached hydrogens (tertiary/aromatic N) is 1. The third kappa shape index (κ3) is 4.16. The molecular weight excluding hydrogens is 336 g/mol. The van der Waals surface area contributed by atoms with Crippen molar-refractivity contribution in [2.75, 3.05) is 33.5 Å². The monoisotopic (exact) mass is 362 g/mol. The Kier molecular flexibility index (Phi) is 6.11. The molecule has 1 heterocycles. The normalized spacial score (nSPS) is 23.0. The molecule has 7 heteroatoms. The molecule has 0 spiro atoms. The van der Waals surface area contributed by atoms with Crippen LogP contribution >= 0.6 is 0 Å². The molecule has 2 atom stereocenters. The number of rotatable bonds is 8. The molecule has 1 aliphatic heterocycles. The molecule has 2 amide bonds. The van der Waals surface area contributed by atoms with Crippen LogP contribution in [-0.4, -0.2) is 62.3 Å². The van der Waals surface area contributed by atoms with Crippen LogP contribution in [0.1, 0.15) is 31.4 Å².